The highest BCUT2D eigenvalue weighted by molar-refractivity contribution is 5.70. The van der Waals surface area contributed by atoms with Crippen molar-refractivity contribution in [2.45, 2.75) is 33.6 Å². The Labute approximate surface area is 102 Å². The first-order chi connectivity index (χ1) is 8.02. The average molecular weight is 236 g/mol. The average Bonchev–Trinajstić information content (AvgIpc) is 2.26. The molecule has 3 heteroatoms. The first-order valence-electron chi connectivity index (χ1n) is 5.99. The van der Waals surface area contributed by atoms with E-state index in [2.05, 4.69) is 13.8 Å². The van der Waals surface area contributed by atoms with Crippen LogP contribution in [0.5, 0.6) is 5.75 Å². The van der Waals surface area contributed by atoms with Crippen molar-refractivity contribution in [2.24, 2.45) is 5.92 Å². The van der Waals surface area contributed by atoms with Crippen LogP contribution >= 0.6 is 0 Å². The summed E-state index contributed by atoms with van der Waals surface area (Å²) in [6.07, 6.45) is 0.898. The first kappa shape index (κ1) is 13.6. The van der Waals surface area contributed by atoms with Crippen molar-refractivity contribution in [2.75, 3.05) is 6.61 Å². The predicted octanol–water partition coefficient (Wildman–Crippen LogP) is 2.91. The van der Waals surface area contributed by atoms with Crippen LogP contribution in [0, 0.1) is 5.92 Å². The fourth-order valence-electron chi connectivity index (χ4n) is 1.62. The van der Waals surface area contributed by atoms with Crippen molar-refractivity contribution in [3.05, 3.63) is 29.3 Å². The molecule has 17 heavy (non-hydrogen) atoms. The Morgan fingerprint density at radius 3 is 2.59 bits per heavy atom. The molecule has 0 unspecified atom stereocenters. The van der Waals surface area contributed by atoms with E-state index in [4.69, 9.17) is 9.84 Å². The highest BCUT2D eigenvalue weighted by Gasteiger charge is 2.07. The number of carbonyl (C=O) groups is 1. The Hall–Kier alpha value is -1.51. The van der Waals surface area contributed by atoms with E-state index >= 15 is 0 Å². The van der Waals surface area contributed by atoms with E-state index < -0.39 is 5.97 Å². The van der Waals surface area contributed by atoms with Crippen molar-refractivity contribution in [3.63, 3.8) is 0 Å². The van der Waals surface area contributed by atoms with Gasteiger partial charge in [0.2, 0.25) is 0 Å². The molecular weight excluding hydrogens is 216 g/mol. The van der Waals surface area contributed by atoms with Crippen molar-refractivity contribution >= 4 is 5.97 Å². The molecule has 0 aliphatic rings. The molecule has 1 aromatic carbocycles. The molecular formula is C14H20O3. The second-order valence-electron chi connectivity index (χ2n) is 4.56. The molecule has 1 rings (SSSR count). The minimum Gasteiger partial charge on any atom is -0.493 e. The van der Waals surface area contributed by atoms with Crippen LogP contribution in [0.2, 0.25) is 0 Å². The summed E-state index contributed by atoms with van der Waals surface area (Å²) in [5, 5.41) is 8.80. The first-order valence-corrected chi connectivity index (χ1v) is 5.99. The fourth-order valence-corrected chi connectivity index (χ4v) is 1.62. The smallest absolute Gasteiger partial charge is 0.307 e. The summed E-state index contributed by atoms with van der Waals surface area (Å²) < 4.78 is 5.62. The fraction of sp³-hybridized carbons (Fsp3) is 0.500. The summed E-state index contributed by atoms with van der Waals surface area (Å²) in [5.41, 5.74) is 1.92. The molecule has 0 aliphatic heterocycles. The lowest BCUT2D eigenvalue weighted by molar-refractivity contribution is -0.136. The SMILES string of the molecule is CCc1cc(OCC(C)C)ccc1CC(=O)O. The number of rotatable bonds is 6. The molecule has 94 valence electrons. The van der Waals surface area contributed by atoms with Gasteiger partial charge in [0, 0.05) is 0 Å². The Morgan fingerprint density at radius 1 is 1.35 bits per heavy atom. The van der Waals surface area contributed by atoms with Gasteiger partial charge in [0.25, 0.3) is 0 Å². The maximum Gasteiger partial charge on any atom is 0.307 e. The van der Waals surface area contributed by atoms with Crippen LogP contribution in [0.25, 0.3) is 0 Å². The molecule has 0 aromatic heterocycles. The van der Waals surface area contributed by atoms with E-state index in [1.165, 1.54) is 0 Å². The number of hydrogen-bond acceptors (Lipinski definition) is 2. The molecule has 0 fully saturated rings. The molecule has 0 amide bonds. The largest absolute Gasteiger partial charge is 0.493 e. The van der Waals surface area contributed by atoms with Gasteiger partial charge in [-0.1, -0.05) is 26.8 Å². The zero-order valence-electron chi connectivity index (χ0n) is 10.7. The zero-order valence-corrected chi connectivity index (χ0v) is 10.7. The predicted molar refractivity (Wildman–Crippen MR) is 67.5 cm³/mol. The molecule has 1 N–H and O–H groups in total. The number of ether oxygens (including phenoxy) is 1. The summed E-state index contributed by atoms with van der Waals surface area (Å²) in [7, 11) is 0. The lowest BCUT2D eigenvalue weighted by atomic mass is 10.0. The van der Waals surface area contributed by atoms with Crippen LogP contribution in [-0.4, -0.2) is 17.7 Å². The van der Waals surface area contributed by atoms with Crippen molar-refractivity contribution < 1.29 is 14.6 Å². The molecule has 0 saturated heterocycles. The third-order valence-electron chi connectivity index (χ3n) is 2.48. The molecule has 0 atom stereocenters. The minimum atomic E-state index is -0.796. The standard InChI is InChI=1S/C14H20O3/c1-4-11-7-13(17-9-10(2)3)6-5-12(11)8-14(15)16/h5-7,10H,4,8-9H2,1-3H3,(H,15,16). The molecule has 1 aromatic rings. The van der Waals surface area contributed by atoms with Crippen LogP contribution in [0.15, 0.2) is 18.2 Å². The second kappa shape index (κ2) is 6.28. The normalized spacial score (nSPS) is 10.6. The van der Waals surface area contributed by atoms with Gasteiger partial charge in [0.1, 0.15) is 5.75 Å². The summed E-state index contributed by atoms with van der Waals surface area (Å²) in [5.74, 6) is 0.513. The van der Waals surface area contributed by atoms with Crippen molar-refractivity contribution in [1.29, 1.82) is 0 Å². The van der Waals surface area contributed by atoms with Crippen LogP contribution in [0.1, 0.15) is 31.9 Å². The molecule has 0 aliphatic carbocycles. The van der Waals surface area contributed by atoms with E-state index in [9.17, 15) is 4.79 Å². The van der Waals surface area contributed by atoms with Gasteiger partial charge in [-0.05, 0) is 35.6 Å². The van der Waals surface area contributed by atoms with Crippen LogP contribution in [0.3, 0.4) is 0 Å². The number of hydrogen-bond donors (Lipinski definition) is 1. The Kier molecular flexibility index (Phi) is 5.01. The number of benzene rings is 1. The van der Waals surface area contributed by atoms with Gasteiger partial charge < -0.3 is 9.84 Å². The van der Waals surface area contributed by atoms with Crippen LogP contribution in [0.4, 0.5) is 0 Å². The quantitative estimate of drug-likeness (QED) is 0.826. The second-order valence-corrected chi connectivity index (χ2v) is 4.56. The van der Waals surface area contributed by atoms with E-state index in [-0.39, 0.29) is 6.42 Å². The lowest BCUT2D eigenvalue weighted by Gasteiger charge is -2.12. The van der Waals surface area contributed by atoms with Crippen molar-refractivity contribution in [1.82, 2.24) is 0 Å². The van der Waals surface area contributed by atoms with Crippen LogP contribution < -0.4 is 4.74 Å². The van der Waals surface area contributed by atoms with Gasteiger partial charge in [-0.2, -0.15) is 0 Å². The van der Waals surface area contributed by atoms with Gasteiger partial charge in [-0.3, -0.25) is 4.79 Å². The third kappa shape index (κ3) is 4.47. The minimum absolute atomic E-state index is 0.0770. The molecule has 3 nitrogen and oxygen atoms in total. The van der Waals surface area contributed by atoms with E-state index in [0.29, 0.717) is 12.5 Å². The maximum absolute atomic E-state index is 10.7. The Bertz CT molecular complexity index is 383. The zero-order chi connectivity index (χ0) is 12.8. The highest BCUT2D eigenvalue weighted by Crippen LogP contribution is 2.19. The van der Waals surface area contributed by atoms with E-state index in [1.54, 1.807) is 0 Å². The van der Waals surface area contributed by atoms with Gasteiger partial charge in [0.15, 0.2) is 0 Å². The van der Waals surface area contributed by atoms with Gasteiger partial charge in [-0.15, -0.1) is 0 Å². The summed E-state index contributed by atoms with van der Waals surface area (Å²) in [6.45, 7) is 6.90. The molecule has 0 spiro atoms. The lowest BCUT2D eigenvalue weighted by Crippen LogP contribution is -2.06. The topological polar surface area (TPSA) is 46.5 Å². The monoisotopic (exact) mass is 236 g/mol. The molecule has 0 heterocycles. The number of carboxylic acid groups (broad SMARTS) is 1. The molecule has 0 saturated carbocycles. The summed E-state index contributed by atoms with van der Waals surface area (Å²) >= 11 is 0. The highest BCUT2D eigenvalue weighted by atomic mass is 16.5. The molecule has 0 bridgehead atoms. The number of aryl methyl sites for hydroxylation is 1. The maximum atomic E-state index is 10.7. The summed E-state index contributed by atoms with van der Waals surface area (Å²) in [4.78, 5) is 10.7. The third-order valence-corrected chi connectivity index (χ3v) is 2.48. The van der Waals surface area contributed by atoms with E-state index in [1.807, 2.05) is 25.1 Å². The molecule has 0 radical (unpaired) electrons. The van der Waals surface area contributed by atoms with Gasteiger partial charge in [0.05, 0.1) is 13.0 Å². The van der Waals surface area contributed by atoms with Crippen molar-refractivity contribution in [3.8, 4) is 5.75 Å². The summed E-state index contributed by atoms with van der Waals surface area (Å²) in [6, 6.07) is 5.64. The number of carboxylic acids is 1. The Balaban J connectivity index is 2.80. The van der Waals surface area contributed by atoms with Gasteiger partial charge in [-0.25, -0.2) is 0 Å². The van der Waals surface area contributed by atoms with Crippen LogP contribution in [-0.2, 0) is 17.6 Å². The van der Waals surface area contributed by atoms with E-state index in [0.717, 1.165) is 23.3 Å². The Morgan fingerprint density at radius 2 is 2.06 bits per heavy atom. The van der Waals surface area contributed by atoms with Gasteiger partial charge >= 0.3 is 5.97 Å². The number of aliphatic carboxylic acids is 1.